The zero-order valence-electron chi connectivity index (χ0n) is 9.03. The predicted octanol–water partition coefficient (Wildman–Crippen LogP) is 1.35. The highest BCUT2D eigenvalue weighted by atomic mass is 15.3. The van der Waals surface area contributed by atoms with Crippen molar-refractivity contribution >= 4 is 0 Å². The Kier molecular flexibility index (Phi) is 3.36. The predicted molar refractivity (Wildman–Crippen MR) is 58.0 cm³/mol. The van der Waals surface area contributed by atoms with E-state index in [0.717, 1.165) is 25.3 Å². The number of hydrogen-bond acceptors (Lipinski definition) is 3. The largest absolute Gasteiger partial charge is 0.282 e. The molecule has 0 amide bonds. The number of likely N-dealkylation sites (tertiary alicyclic amines) is 1. The normalized spacial score (nSPS) is 22.1. The third-order valence-corrected chi connectivity index (χ3v) is 2.82. The van der Waals surface area contributed by atoms with E-state index in [1.54, 1.807) is 6.33 Å². The number of aromatic nitrogens is 3. The first-order valence-electron chi connectivity index (χ1n) is 5.40. The van der Waals surface area contributed by atoms with Gasteiger partial charge in [-0.2, -0.15) is 5.10 Å². The van der Waals surface area contributed by atoms with Crippen molar-refractivity contribution in [3.05, 3.63) is 12.2 Å². The summed E-state index contributed by atoms with van der Waals surface area (Å²) >= 11 is 0. The van der Waals surface area contributed by atoms with E-state index in [4.69, 9.17) is 0 Å². The van der Waals surface area contributed by atoms with Gasteiger partial charge in [-0.1, -0.05) is 12.3 Å². The first-order chi connectivity index (χ1) is 7.42. The Labute approximate surface area is 90.1 Å². The molecule has 0 aliphatic carbocycles. The number of H-pyrrole nitrogens is 1. The van der Waals surface area contributed by atoms with Gasteiger partial charge in [0.05, 0.1) is 12.6 Å². The summed E-state index contributed by atoms with van der Waals surface area (Å²) in [6.45, 7) is 3.83. The fourth-order valence-corrected chi connectivity index (χ4v) is 2.05. The molecule has 0 radical (unpaired) electrons. The highest BCUT2D eigenvalue weighted by molar-refractivity contribution is 5.02. The van der Waals surface area contributed by atoms with E-state index in [1.807, 2.05) is 6.92 Å². The number of piperidine rings is 1. The molecule has 1 fully saturated rings. The Hall–Kier alpha value is -1.34. The molecule has 4 nitrogen and oxygen atoms in total. The zero-order valence-corrected chi connectivity index (χ0v) is 9.03. The highest BCUT2D eigenvalue weighted by Crippen LogP contribution is 2.27. The van der Waals surface area contributed by atoms with Gasteiger partial charge in [0.1, 0.15) is 12.2 Å². The summed E-state index contributed by atoms with van der Waals surface area (Å²) < 4.78 is 0. The Bertz CT molecular complexity index is 346. The van der Waals surface area contributed by atoms with E-state index >= 15 is 0 Å². The van der Waals surface area contributed by atoms with E-state index in [2.05, 4.69) is 31.9 Å². The molecule has 2 rings (SSSR count). The van der Waals surface area contributed by atoms with Crippen LogP contribution in [0.15, 0.2) is 6.33 Å². The molecule has 0 spiro atoms. The molecule has 1 aromatic rings. The van der Waals surface area contributed by atoms with Gasteiger partial charge in [-0.05, 0) is 26.3 Å². The van der Waals surface area contributed by atoms with Crippen LogP contribution in [-0.2, 0) is 0 Å². The molecule has 1 N–H and O–H groups in total. The second-order valence-electron chi connectivity index (χ2n) is 3.78. The first-order valence-corrected chi connectivity index (χ1v) is 5.40. The lowest BCUT2D eigenvalue weighted by Crippen LogP contribution is -2.34. The SMILES string of the molecule is CC#CCN1CCCC[C@H]1c1ncn[nH]1. The van der Waals surface area contributed by atoms with Crippen LogP contribution in [0.4, 0.5) is 0 Å². The fourth-order valence-electron chi connectivity index (χ4n) is 2.05. The molecule has 4 heteroatoms. The van der Waals surface area contributed by atoms with Crippen molar-refractivity contribution in [2.24, 2.45) is 0 Å². The van der Waals surface area contributed by atoms with Crippen LogP contribution in [0, 0.1) is 11.8 Å². The summed E-state index contributed by atoms with van der Waals surface area (Å²) in [5.74, 6) is 7.05. The molecule has 15 heavy (non-hydrogen) atoms. The second-order valence-corrected chi connectivity index (χ2v) is 3.78. The molecule has 1 atom stereocenters. The Balaban J connectivity index is 2.08. The Morgan fingerprint density at radius 3 is 3.27 bits per heavy atom. The average molecular weight is 204 g/mol. The number of nitrogens with one attached hydrogen (secondary N) is 1. The second kappa shape index (κ2) is 4.94. The van der Waals surface area contributed by atoms with E-state index in [0.29, 0.717) is 6.04 Å². The van der Waals surface area contributed by atoms with Gasteiger partial charge < -0.3 is 0 Å². The number of nitrogens with zero attached hydrogens (tertiary/aromatic N) is 3. The zero-order chi connectivity index (χ0) is 10.5. The van der Waals surface area contributed by atoms with E-state index < -0.39 is 0 Å². The van der Waals surface area contributed by atoms with Crippen molar-refractivity contribution in [2.75, 3.05) is 13.1 Å². The maximum Gasteiger partial charge on any atom is 0.141 e. The topological polar surface area (TPSA) is 44.8 Å². The summed E-state index contributed by atoms with van der Waals surface area (Å²) in [6.07, 6.45) is 5.26. The van der Waals surface area contributed by atoms with Gasteiger partial charge in [-0.3, -0.25) is 10.00 Å². The van der Waals surface area contributed by atoms with E-state index in [1.165, 1.54) is 12.8 Å². The quantitative estimate of drug-likeness (QED) is 0.740. The monoisotopic (exact) mass is 204 g/mol. The molecular weight excluding hydrogens is 188 g/mol. The molecule has 0 aromatic carbocycles. The number of aromatic amines is 1. The molecule has 0 bridgehead atoms. The van der Waals surface area contributed by atoms with Crippen molar-refractivity contribution in [3.63, 3.8) is 0 Å². The summed E-state index contributed by atoms with van der Waals surface area (Å²) in [5, 5.41) is 6.88. The molecule has 0 saturated carbocycles. The van der Waals surface area contributed by atoms with Crippen LogP contribution < -0.4 is 0 Å². The maximum atomic E-state index is 4.24. The van der Waals surface area contributed by atoms with Crippen molar-refractivity contribution in [1.29, 1.82) is 0 Å². The molecule has 80 valence electrons. The molecule has 2 heterocycles. The van der Waals surface area contributed by atoms with Crippen LogP contribution in [0.2, 0.25) is 0 Å². The van der Waals surface area contributed by atoms with Crippen molar-refractivity contribution < 1.29 is 0 Å². The summed E-state index contributed by atoms with van der Waals surface area (Å²) in [6, 6.07) is 0.377. The maximum absolute atomic E-state index is 4.24. The molecule has 1 aliphatic rings. The minimum absolute atomic E-state index is 0.377. The molecule has 1 aliphatic heterocycles. The van der Waals surface area contributed by atoms with Gasteiger partial charge in [0.25, 0.3) is 0 Å². The minimum Gasteiger partial charge on any atom is -0.282 e. The lowest BCUT2D eigenvalue weighted by atomic mass is 10.0. The summed E-state index contributed by atoms with van der Waals surface area (Å²) in [7, 11) is 0. The lowest BCUT2D eigenvalue weighted by molar-refractivity contribution is 0.162. The Morgan fingerprint density at radius 2 is 2.53 bits per heavy atom. The van der Waals surface area contributed by atoms with Crippen LogP contribution >= 0.6 is 0 Å². The standard InChI is InChI=1S/C11H16N4/c1-2-3-7-15-8-5-4-6-10(15)11-12-9-13-14-11/h9-10H,4-8H2,1H3,(H,12,13,14)/t10-/m0/s1. The van der Waals surface area contributed by atoms with Crippen molar-refractivity contribution in [2.45, 2.75) is 32.2 Å². The Morgan fingerprint density at radius 1 is 1.60 bits per heavy atom. The van der Waals surface area contributed by atoms with Gasteiger partial charge >= 0.3 is 0 Å². The van der Waals surface area contributed by atoms with Gasteiger partial charge in [0.2, 0.25) is 0 Å². The lowest BCUT2D eigenvalue weighted by Gasteiger charge is -2.32. The third-order valence-electron chi connectivity index (χ3n) is 2.82. The van der Waals surface area contributed by atoms with Crippen LogP contribution in [-0.4, -0.2) is 33.2 Å². The van der Waals surface area contributed by atoms with Crippen LogP contribution in [0.5, 0.6) is 0 Å². The van der Waals surface area contributed by atoms with Gasteiger partial charge in [0.15, 0.2) is 0 Å². The molecule has 1 saturated heterocycles. The smallest absolute Gasteiger partial charge is 0.141 e. The van der Waals surface area contributed by atoms with E-state index in [-0.39, 0.29) is 0 Å². The average Bonchev–Trinajstić information content (AvgIpc) is 2.80. The first kappa shape index (κ1) is 10.2. The highest BCUT2D eigenvalue weighted by Gasteiger charge is 2.24. The van der Waals surface area contributed by atoms with Crippen molar-refractivity contribution in [1.82, 2.24) is 20.1 Å². The molecule has 0 unspecified atom stereocenters. The number of hydrogen-bond donors (Lipinski definition) is 1. The molecule has 1 aromatic heterocycles. The van der Waals surface area contributed by atoms with Gasteiger partial charge in [-0.15, -0.1) is 5.92 Å². The van der Waals surface area contributed by atoms with Gasteiger partial charge in [0, 0.05) is 0 Å². The van der Waals surface area contributed by atoms with Gasteiger partial charge in [-0.25, -0.2) is 4.98 Å². The minimum atomic E-state index is 0.377. The third kappa shape index (κ3) is 2.37. The fraction of sp³-hybridized carbons (Fsp3) is 0.636. The van der Waals surface area contributed by atoms with Crippen molar-refractivity contribution in [3.8, 4) is 11.8 Å². The summed E-state index contributed by atoms with van der Waals surface area (Å²) in [5.41, 5.74) is 0. The number of rotatable bonds is 2. The van der Waals surface area contributed by atoms with Crippen LogP contribution in [0.1, 0.15) is 38.1 Å². The van der Waals surface area contributed by atoms with Crippen LogP contribution in [0.3, 0.4) is 0 Å². The summed E-state index contributed by atoms with van der Waals surface area (Å²) in [4.78, 5) is 6.62. The van der Waals surface area contributed by atoms with E-state index in [9.17, 15) is 0 Å². The van der Waals surface area contributed by atoms with Crippen LogP contribution in [0.25, 0.3) is 0 Å². The molecular formula is C11H16N4.